The van der Waals surface area contributed by atoms with Crippen molar-refractivity contribution in [1.29, 1.82) is 0 Å². The zero-order valence-corrected chi connectivity index (χ0v) is 16.5. The molecule has 0 aliphatic carbocycles. The topological polar surface area (TPSA) is 136 Å². The molecule has 0 radical (unpaired) electrons. The minimum absolute atomic E-state index is 0.0360. The summed E-state index contributed by atoms with van der Waals surface area (Å²) in [5, 5.41) is 24.2. The molecule has 9 nitrogen and oxygen atoms in total. The summed E-state index contributed by atoms with van der Waals surface area (Å²) < 4.78 is 23.6. The Hall–Kier alpha value is -1.79. The second-order valence-electron chi connectivity index (χ2n) is 5.81. The van der Waals surface area contributed by atoms with Crippen molar-refractivity contribution < 1.29 is 18.7 Å². The molecule has 0 aliphatic rings. The Bertz CT molecular complexity index is 846. The lowest BCUT2D eigenvalue weighted by atomic mass is 10.1. The minimum Gasteiger partial charge on any atom is -0.394 e. The third-order valence-electron chi connectivity index (χ3n) is 3.61. The number of nitrogens with zero attached hydrogens (tertiary/aromatic N) is 2. The van der Waals surface area contributed by atoms with E-state index in [4.69, 9.17) is 5.21 Å². The van der Waals surface area contributed by atoms with Crippen LogP contribution in [0.4, 0.5) is 17.5 Å². The fraction of sp³-hybridized carbons (Fsp3) is 0.333. The number of anilines is 3. The molecular formula is C15H20BrN5O4S. The van der Waals surface area contributed by atoms with Crippen molar-refractivity contribution in [3.8, 4) is 0 Å². The molecule has 5 N–H and O–H groups in total. The molecule has 1 heterocycles. The van der Waals surface area contributed by atoms with Gasteiger partial charge in [0.2, 0.25) is 5.95 Å². The third-order valence-corrected chi connectivity index (χ3v) is 5.32. The second kappa shape index (κ2) is 8.73. The summed E-state index contributed by atoms with van der Waals surface area (Å²) in [6, 6.07) is 5.55. The fourth-order valence-corrected chi connectivity index (χ4v) is 2.93. The van der Waals surface area contributed by atoms with Crippen LogP contribution >= 0.6 is 15.9 Å². The van der Waals surface area contributed by atoms with Crippen LogP contribution < -0.4 is 15.5 Å². The van der Waals surface area contributed by atoms with Crippen molar-refractivity contribution in [2.45, 2.75) is 24.8 Å². The van der Waals surface area contributed by atoms with E-state index in [1.54, 1.807) is 6.20 Å². The van der Waals surface area contributed by atoms with Gasteiger partial charge in [0.1, 0.15) is 5.82 Å². The van der Waals surface area contributed by atoms with E-state index in [2.05, 4.69) is 36.5 Å². The molecule has 142 valence electrons. The zero-order chi connectivity index (χ0) is 19.3. The van der Waals surface area contributed by atoms with Crippen molar-refractivity contribution in [3.63, 3.8) is 0 Å². The monoisotopic (exact) mass is 445 g/mol. The summed E-state index contributed by atoms with van der Waals surface area (Å²) in [6.45, 7) is 3.93. The lowest BCUT2D eigenvalue weighted by molar-refractivity contribution is 0.242. The molecule has 0 bridgehead atoms. The van der Waals surface area contributed by atoms with E-state index in [0.717, 1.165) is 0 Å². The average molecular weight is 446 g/mol. The second-order valence-corrected chi connectivity index (χ2v) is 8.33. The van der Waals surface area contributed by atoms with Gasteiger partial charge in [-0.3, -0.25) is 0 Å². The van der Waals surface area contributed by atoms with Gasteiger partial charge in [0.05, 0.1) is 22.0 Å². The molecule has 0 aliphatic heterocycles. The largest absolute Gasteiger partial charge is 0.394 e. The average Bonchev–Trinajstić information content (AvgIpc) is 2.62. The smallest absolute Gasteiger partial charge is 0.262 e. The first kappa shape index (κ1) is 20.5. The van der Waals surface area contributed by atoms with Crippen molar-refractivity contribution >= 4 is 43.4 Å². The molecule has 0 amide bonds. The van der Waals surface area contributed by atoms with Crippen LogP contribution in [0.1, 0.15) is 13.8 Å². The molecule has 0 fully saturated rings. The van der Waals surface area contributed by atoms with Crippen LogP contribution in [-0.2, 0) is 10.0 Å². The number of nitrogens with one attached hydrogen (secondary N) is 3. The van der Waals surface area contributed by atoms with Crippen molar-refractivity contribution in [3.05, 3.63) is 34.9 Å². The number of sulfonamides is 1. The summed E-state index contributed by atoms with van der Waals surface area (Å²) >= 11 is 3.37. The van der Waals surface area contributed by atoms with Crippen molar-refractivity contribution in [1.82, 2.24) is 14.9 Å². The highest BCUT2D eigenvalue weighted by atomic mass is 79.9. The summed E-state index contributed by atoms with van der Waals surface area (Å²) in [4.78, 5) is 9.71. The fourth-order valence-electron chi connectivity index (χ4n) is 2.03. The van der Waals surface area contributed by atoms with E-state index in [0.29, 0.717) is 21.9 Å². The Labute approximate surface area is 160 Å². The summed E-state index contributed by atoms with van der Waals surface area (Å²) in [5.41, 5.74) is 0.567. The summed E-state index contributed by atoms with van der Waals surface area (Å²) in [6.07, 6.45) is 1.57. The first-order valence-corrected chi connectivity index (χ1v) is 9.97. The van der Waals surface area contributed by atoms with Gasteiger partial charge >= 0.3 is 0 Å². The first-order valence-electron chi connectivity index (χ1n) is 7.69. The highest BCUT2D eigenvalue weighted by Gasteiger charge is 2.15. The van der Waals surface area contributed by atoms with E-state index in [9.17, 15) is 13.5 Å². The molecule has 1 atom stereocenters. The van der Waals surface area contributed by atoms with Crippen LogP contribution in [0.3, 0.4) is 0 Å². The molecule has 0 unspecified atom stereocenters. The molecule has 1 aromatic heterocycles. The Morgan fingerprint density at radius 2 is 1.88 bits per heavy atom. The van der Waals surface area contributed by atoms with Crippen molar-refractivity contribution in [2.24, 2.45) is 5.92 Å². The number of halogens is 1. The number of hydrogen-bond acceptors (Lipinski definition) is 8. The highest BCUT2D eigenvalue weighted by molar-refractivity contribution is 9.10. The quantitative estimate of drug-likeness (QED) is 0.389. The highest BCUT2D eigenvalue weighted by Crippen LogP contribution is 2.24. The van der Waals surface area contributed by atoms with Gasteiger partial charge in [0, 0.05) is 11.9 Å². The maximum Gasteiger partial charge on any atom is 0.262 e. The Kier molecular flexibility index (Phi) is 6.89. The van der Waals surface area contributed by atoms with Crippen LogP contribution in [0.5, 0.6) is 0 Å². The van der Waals surface area contributed by atoms with Gasteiger partial charge in [-0.15, -0.1) is 0 Å². The van der Waals surface area contributed by atoms with Gasteiger partial charge in [0.25, 0.3) is 10.0 Å². The number of aromatic nitrogens is 2. The summed E-state index contributed by atoms with van der Waals surface area (Å²) in [5.74, 6) is 1.03. The van der Waals surface area contributed by atoms with Gasteiger partial charge in [-0.1, -0.05) is 18.7 Å². The zero-order valence-electron chi connectivity index (χ0n) is 14.1. The molecule has 2 rings (SSSR count). The van der Waals surface area contributed by atoms with Gasteiger partial charge in [0.15, 0.2) is 0 Å². The molecule has 1 aromatic carbocycles. The van der Waals surface area contributed by atoms with E-state index in [1.807, 2.05) is 13.8 Å². The number of aliphatic hydroxyl groups is 1. The molecule has 11 heteroatoms. The van der Waals surface area contributed by atoms with E-state index in [-0.39, 0.29) is 23.5 Å². The standard InChI is InChI=1S/C15H20BrN5O4S/c1-9(2)13(8-22)19-14-12(16)7-17-15(20-14)18-10-3-5-11(6-4-10)26(24,25)21-23/h3-7,9,13,21-23H,8H2,1-2H3,(H2,17,18,19,20)/t13-/m1/s1. The number of aliphatic hydroxyl groups excluding tert-OH is 1. The van der Waals surface area contributed by atoms with Gasteiger partial charge in [-0.2, -0.15) is 4.98 Å². The van der Waals surface area contributed by atoms with Gasteiger partial charge in [-0.05, 0) is 46.1 Å². The molecule has 0 spiro atoms. The SMILES string of the molecule is CC(C)[C@@H](CO)Nc1nc(Nc2ccc(S(=O)(=O)NO)cc2)ncc1Br. The molecule has 2 aromatic rings. The normalized spacial score (nSPS) is 12.8. The Morgan fingerprint density at radius 1 is 1.23 bits per heavy atom. The molecule has 26 heavy (non-hydrogen) atoms. The number of benzene rings is 1. The van der Waals surface area contributed by atoms with Crippen LogP contribution in [0.25, 0.3) is 0 Å². The van der Waals surface area contributed by atoms with E-state index < -0.39 is 10.0 Å². The van der Waals surface area contributed by atoms with Crippen LogP contribution in [0, 0.1) is 5.92 Å². The predicted molar refractivity (Wildman–Crippen MR) is 101 cm³/mol. The predicted octanol–water partition coefficient (Wildman–Crippen LogP) is 2.08. The third kappa shape index (κ3) is 5.11. The lowest BCUT2D eigenvalue weighted by Gasteiger charge is -2.21. The number of hydrogen-bond donors (Lipinski definition) is 5. The van der Waals surface area contributed by atoms with Crippen LogP contribution in [0.2, 0.25) is 0 Å². The maximum absolute atomic E-state index is 11.5. The van der Waals surface area contributed by atoms with E-state index in [1.165, 1.54) is 29.2 Å². The summed E-state index contributed by atoms with van der Waals surface area (Å²) in [7, 11) is -3.92. The lowest BCUT2D eigenvalue weighted by Crippen LogP contribution is -2.30. The molecule has 0 saturated heterocycles. The first-order chi connectivity index (χ1) is 12.3. The molecule has 0 saturated carbocycles. The molecular weight excluding hydrogens is 426 g/mol. The van der Waals surface area contributed by atoms with E-state index >= 15 is 0 Å². The van der Waals surface area contributed by atoms with Crippen molar-refractivity contribution in [2.75, 3.05) is 17.2 Å². The van der Waals surface area contributed by atoms with Crippen LogP contribution in [0.15, 0.2) is 39.8 Å². The van der Waals surface area contributed by atoms with Crippen LogP contribution in [-0.4, -0.2) is 41.3 Å². The Balaban J connectivity index is 2.18. The van der Waals surface area contributed by atoms with Gasteiger partial charge < -0.3 is 20.9 Å². The van der Waals surface area contributed by atoms with Gasteiger partial charge in [-0.25, -0.2) is 13.4 Å². The maximum atomic E-state index is 11.5. The Morgan fingerprint density at radius 3 is 2.42 bits per heavy atom. The minimum atomic E-state index is -3.92. The number of rotatable bonds is 8.